The van der Waals surface area contributed by atoms with Gasteiger partial charge in [-0.1, -0.05) is 32.6 Å². The number of hydrogen-bond donors (Lipinski definition) is 2. The molecule has 6 nitrogen and oxygen atoms in total. The van der Waals surface area contributed by atoms with Crippen LogP contribution in [0.15, 0.2) is 18.2 Å². The van der Waals surface area contributed by atoms with Gasteiger partial charge < -0.3 is 20.1 Å². The summed E-state index contributed by atoms with van der Waals surface area (Å²) in [5.41, 5.74) is 0.398. The molecule has 0 fully saturated rings. The van der Waals surface area contributed by atoms with Gasteiger partial charge in [0.15, 0.2) is 0 Å². The SMILES string of the molecule is CCCCCCCNC(=O)C(=O)Nc1cc(OC)ccc1OC. The van der Waals surface area contributed by atoms with Crippen molar-refractivity contribution in [2.45, 2.75) is 39.0 Å². The predicted octanol–water partition coefficient (Wildman–Crippen LogP) is 2.73. The average molecular weight is 322 g/mol. The molecule has 6 heteroatoms. The summed E-state index contributed by atoms with van der Waals surface area (Å²) < 4.78 is 10.3. The zero-order chi connectivity index (χ0) is 17.1. The maximum atomic E-state index is 11.9. The molecule has 1 aromatic carbocycles. The summed E-state index contributed by atoms with van der Waals surface area (Å²) in [5.74, 6) is -0.334. The smallest absolute Gasteiger partial charge is 0.313 e. The highest BCUT2D eigenvalue weighted by molar-refractivity contribution is 6.39. The summed E-state index contributed by atoms with van der Waals surface area (Å²) in [4.78, 5) is 23.7. The molecule has 0 saturated heterocycles. The summed E-state index contributed by atoms with van der Waals surface area (Å²) >= 11 is 0. The maximum Gasteiger partial charge on any atom is 0.313 e. The van der Waals surface area contributed by atoms with Crippen LogP contribution in [0.25, 0.3) is 0 Å². The van der Waals surface area contributed by atoms with Gasteiger partial charge in [-0.15, -0.1) is 0 Å². The Balaban J connectivity index is 2.47. The van der Waals surface area contributed by atoms with Gasteiger partial charge in [0.1, 0.15) is 11.5 Å². The van der Waals surface area contributed by atoms with E-state index in [1.54, 1.807) is 18.2 Å². The fourth-order valence-electron chi connectivity index (χ4n) is 2.10. The minimum atomic E-state index is -0.717. The number of methoxy groups -OCH3 is 2. The van der Waals surface area contributed by atoms with Gasteiger partial charge >= 0.3 is 11.8 Å². The second-order valence-corrected chi connectivity index (χ2v) is 5.19. The fourth-order valence-corrected chi connectivity index (χ4v) is 2.10. The first-order valence-electron chi connectivity index (χ1n) is 7.93. The van der Waals surface area contributed by atoms with Gasteiger partial charge in [0.05, 0.1) is 19.9 Å². The third-order valence-electron chi connectivity index (χ3n) is 3.43. The van der Waals surface area contributed by atoms with E-state index in [0.717, 1.165) is 19.3 Å². The minimum absolute atomic E-state index is 0.398. The van der Waals surface area contributed by atoms with E-state index in [1.807, 2.05) is 0 Å². The first-order valence-corrected chi connectivity index (χ1v) is 7.93. The van der Waals surface area contributed by atoms with Crippen LogP contribution in [0.1, 0.15) is 39.0 Å². The molecule has 1 rings (SSSR count). The van der Waals surface area contributed by atoms with Gasteiger partial charge in [-0.05, 0) is 18.6 Å². The highest BCUT2D eigenvalue weighted by atomic mass is 16.5. The van der Waals surface area contributed by atoms with Crippen molar-refractivity contribution < 1.29 is 19.1 Å². The van der Waals surface area contributed by atoms with E-state index >= 15 is 0 Å². The van der Waals surface area contributed by atoms with Gasteiger partial charge in [-0.2, -0.15) is 0 Å². The van der Waals surface area contributed by atoms with Crippen molar-refractivity contribution in [3.63, 3.8) is 0 Å². The average Bonchev–Trinajstić information content (AvgIpc) is 2.57. The third-order valence-corrected chi connectivity index (χ3v) is 3.43. The molecule has 23 heavy (non-hydrogen) atoms. The van der Waals surface area contributed by atoms with Crippen molar-refractivity contribution in [1.82, 2.24) is 5.32 Å². The Morgan fingerprint density at radius 3 is 2.39 bits per heavy atom. The Morgan fingerprint density at radius 1 is 1.00 bits per heavy atom. The molecular formula is C17H26N2O4. The number of anilines is 1. The van der Waals surface area contributed by atoms with E-state index in [0.29, 0.717) is 23.7 Å². The van der Waals surface area contributed by atoms with E-state index in [9.17, 15) is 9.59 Å². The van der Waals surface area contributed by atoms with E-state index < -0.39 is 11.8 Å². The molecule has 0 aliphatic rings. The van der Waals surface area contributed by atoms with Gasteiger partial charge in [0.25, 0.3) is 0 Å². The number of amides is 2. The summed E-state index contributed by atoms with van der Waals surface area (Å²) in [6.07, 6.45) is 5.46. The van der Waals surface area contributed by atoms with Crippen LogP contribution in [0.4, 0.5) is 5.69 Å². The van der Waals surface area contributed by atoms with Crippen molar-refractivity contribution in [2.24, 2.45) is 0 Å². The number of carbonyl (C=O) groups excluding carboxylic acids is 2. The van der Waals surface area contributed by atoms with Gasteiger partial charge in [0.2, 0.25) is 0 Å². The van der Waals surface area contributed by atoms with Gasteiger partial charge in [0, 0.05) is 12.6 Å². The number of nitrogens with one attached hydrogen (secondary N) is 2. The van der Waals surface area contributed by atoms with Crippen molar-refractivity contribution in [1.29, 1.82) is 0 Å². The molecule has 0 unspecified atom stereocenters. The van der Waals surface area contributed by atoms with Crippen molar-refractivity contribution >= 4 is 17.5 Å². The lowest BCUT2D eigenvalue weighted by atomic mass is 10.1. The molecule has 0 spiro atoms. The Hall–Kier alpha value is -2.24. The first-order chi connectivity index (χ1) is 11.1. The Morgan fingerprint density at radius 2 is 1.74 bits per heavy atom. The van der Waals surface area contributed by atoms with Crippen LogP contribution >= 0.6 is 0 Å². The molecule has 0 radical (unpaired) electrons. The number of benzene rings is 1. The highest BCUT2D eigenvalue weighted by Crippen LogP contribution is 2.28. The summed E-state index contributed by atoms with van der Waals surface area (Å²) in [6.45, 7) is 2.66. The van der Waals surface area contributed by atoms with Crippen molar-refractivity contribution in [3.8, 4) is 11.5 Å². The molecular weight excluding hydrogens is 296 g/mol. The fraction of sp³-hybridized carbons (Fsp3) is 0.529. The second kappa shape index (κ2) is 10.5. The van der Waals surface area contributed by atoms with Crippen LogP contribution < -0.4 is 20.1 Å². The molecule has 0 aromatic heterocycles. The van der Waals surface area contributed by atoms with E-state index in [2.05, 4.69) is 17.6 Å². The molecule has 1 aromatic rings. The standard InChI is InChI=1S/C17H26N2O4/c1-4-5-6-7-8-11-18-16(20)17(21)19-14-12-13(22-2)9-10-15(14)23-3/h9-10,12H,4-8,11H2,1-3H3,(H,18,20)(H,19,21). The summed E-state index contributed by atoms with van der Waals surface area (Å²) in [6, 6.07) is 4.99. The molecule has 0 saturated carbocycles. The molecule has 2 N–H and O–H groups in total. The number of hydrogen-bond acceptors (Lipinski definition) is 4. The first kappa shape index (κ1) is 18.8. The zero-order valence-corrected chi connectivity index (χ0v) is 14.1. The Kier molecular flexibility index (Phi) is 8.57. The lowest BCUT2D eigenvalue weighted by Gasteiger charge is -2.11. The van der Waals surface area contributed by atoms with Crippen molar-refractivity contribution in [3.05, 3.63) is 18.2 Å². The lowest BCUT2D eigenvalue weighted by Crippen LogP contribution is -2.36. The molecule has 0 bridgehead atoms. The van der Waals surface area contributed by atoms with Crippen molar-refractivity contribution in [2.75, 3.05) is 26.1 Å². The van der Waals surface area contributed by atoms with Crippen LogP contribution in [-0.4, -0.2) is 32.6 Å². The largest absolute Gasteiger partial charge is 0.497 e. The van der Waals surface area contributed by atoms with Crippen LogP contribution in [0.3, 0.4) is 0 Å². The maximum absolute atomic E-state index is 11.9. The number of unbranched alkanes of at least 4 members (excludes halogenated alkanes) is 4. The number of rotatable bonds is 9. The number of ether oxygens (including phenoxy) is 2. The summed E-state index contributed by atoms with van der Waals surface area (Å²) in [7, 11) is 3.02. The van der Waals surface area contributed by atoms with Gasteiger partial charge in [-0.25, -0.2) is 0 Å². The molecule has 128 valence electrons. The second-order valence-electron chi connectivity index (χ2n) is 5.19. The Labute approximate surface area is 137 Å². The predicted molar refractivity (Wildman–Crippen MR) is 89.9 cm³/mol. The molecule has 0 aliphatic heterocycles. The van der Waals surface area contributed by atoms with Gasteiger partial charge in [-0.3, -0.25) is 9.59 Å². The molecule has 0 aliphatic carbocycles. The topological polar surface area (TPSA) is 76.7 Å². The van der Waals surface area contributed by atoms with Crippen LogP contribution in [-0.2, 0) is 9.59 Å². The number of carbonyl (C=O) groups is 2. The van der Waals surface area contributed by atoms with Crippen LogP contribution in [0.5, 0.6) is 11.5 Å². The van der Waals surface area contributed by atoms with E-state index in [1.165, 1.54) is 27.1 Å². The third kappa shape index (κ3) is 6.59. The summed E-state index contributed by atoms with van der Waals surface area (Å²) in [5, 5.41) is 5.16. The van der Waals surface area contributed by atoms with Crippen LogP contribution in [0, 0.1) is 0 Å². The Bertz CT molecular complexity index is 517. The normalized spacial score (nSPS) is 10.0. The monoisotopic (exact) mass is 322 g/mol. The van der Waals surface area contributed by atoms with E-state index in [-0.39, 0.29) is 0 Å². The molecule has 0 heterocycles. The van der Waals surface area contributed by atoms with E-state index in [4.69, 9.17) is 9.47 Å². The lowest BCUT2D eigenvalue weighted by molar-refractivity contribution is -0.136. The molecule has 0 atom stereocenters. The highest BCUT2D eigenvalue weighted by Gasteiger charge is 2.15. The molecule has 2 amide bonds. The van der Waals surface area contributed by atoms with Crippen LogP contribution in [0.2, 0.25) is 0 Å². The quantitative estimate of drug-likeness (QED) is 0.541. The zero-order valence-electron chi connectivity index (χ0n) is 14.1. The minimum Gasteiger partial charge on any atom is -0.497 e.